The van der Waals surface area contributed by atoms with Crippen LogP contribution in [0, 0.1) is 0 Å². The second-order valence-corrected chi connectivity index (χ2v) is 5.55. The van der Waals surface area contributed by atoms with Crippen molar-refractivity contribution in [2.45, 2.75) is 43.3 Å². The number of nitrogens with zero attached hydrogens (tertiary/aromatic N) is 2. The van der Waals surface area contributed by atoms with Gasteiger partial charge in [0.15, 0.2) is 0 Å². The SMILES string of the molecule is CCOC(=O)C(CCSc1ccncn1)NC1CC1. The maximum absolute atomic E-state index is 11.8. The van der Waals surface area contributed by atoms with Gasteiger partial charge in [0, 0.05) is 18.0 Å². The number of aromatic nitrogens is 2. The van der Waals surface area contributed by atoms with Gasteiger partial charge in [0.1, 0.15) is 12.4 Å². The number of hydrogen-bond donors (Lipinski definition) is 1. The van der Waals surface area contributed by atoms with Crippen molar-refractivity contribution in [1.82, 2.24) is 15.3 Å². The van der Waals surface area contributed by atoms with Gasteiger partial charge in [-0.1, -0.05) is 0 Å². The zero-order chi connectivity index (χ0) is 13.5. The van der Waals surface area contributed by atoms with Crippen molar-refractivity contribution in [1.29, 1.82) is 0 Å². The molecule has 19 heavy (non-hydrogen) atoms. The molecule has 0 radical (unpaired) electrons. The number of nitrogens with one attached hydrogen (secondary N) is 1. The average Bonchev–Trinajstić information content (AvgIpc) is 3.23. The van der Waals surface area contributed by atoms with Crippen molar-refractivity contribution in [2.24, 2.45) is 0 Å². The van der Waals surface area contributed by atoms with E-state index in [4.69, 9.17) is 4.74 Å². The number of hydrogen-bond acceptors (Lipinski definition) is 6. The van der Waals surface area contributed by atoms with Crippen molar-refractivity contribution >= 4 is 17.7 Å². The molecule has 0 spiro atoms. The predicted molar refractivity (Wildman–Crippen MR) is 74.0 cm³/mol. The third kappa shape index (κ3) is 5.16. The highest BCUT2D eigenvalue weighted by molar-refractivity contribution is 7.99. The first kappa shape index (κ1) is 14.3. The van der Waals surface area contributed by atoms with Crippen LogP contribution < -0.4 is 5.32 Å². The van der Waals surface area contributed by atoms with Crippen LogP contribution >= 0.6 is 11.8 Å². The molecule has 1 saturated carbocycles. The first-order valence-corrected chi connectivity index (χ1v) is 7.59. The van der Waals surface area contributed by atoms with Gasteiger partial charge in [-0.3, -0.25) is 4.79 Å². The molecule has 0 bridgehead atoms. The molecule has 1 aliphatic rings. The van der Waals surface area contributed by atoms with Crippen molar-refractivity contribution in [2.75, 3.05) is 12.4 Å². The summed E-state index contributed by atoms with van der Waals surface area (Å²) >= 11 is 1.63. The van der Waals surface area contributed by atoms with E-state index in [9.17, 15) is 4.79 Å². The summed E-state index contributed by atoms with van der Waals surface area (Å²) in [5.41, 5.74) is 0. The van der Waals surface area contributed by atoms with E-state index in [0.717, 1.165) is 30.0 Å². The Balaban J connectivity index is 1.76. The highest BCUT2D eigenvalue weighted by Gasteiger charge is 2.28. The lowest BCUT2D eigenvalue weighted by molar-refractivity contribution is -0.145. The van der Waals surface area contributed by atoms with Crippen LogP contribution in [0.2, 0.25) is 0 Å². The fraction of sp³-hybridized carbons (Fsp3) is 0.615. The third-order valence-corrected chi connectivity index (χ3v) is 3.77. The van der Waals surface area contributed by atoms with Crippen molar-refractivity contribution in [3.63, 3.8) is 0 Å². The van der Waals surface area contributed by atoms with E-state index < -0.39 is 0 Å². The molecule has 2 rings (SSSR count). The van der Waals surface area contributed by atoms with Crippen molar-refractivity contribution in [3.05, 3.63) is 18.6 Å². The van der Waals surface area contributed by atoms with E-state index in [0.29, 0.717) is 12.6 Å². The summed E-state index contributed by atoms with van der Waals surface area (Å²) in [6, 6.07) is 2.18. The number of thioether (sulfide) groups is 1. The van der Waals surface area contributed by atoms with Crippen LogP contribution in [0.4, 0.5) is 0 Å². The Labute approximate surface area is 117 Å². The standard InChI is InChI=1S/C13H19N3O2S/c1-2-18-13(17)11(16-10-3-4-10)6-8-19-12-5-7-14-9-15-12/h5,7,9-11,16H,2-4,6,8H2,1H3. The second kappa shape index (κ2) is 7.45. The van der Waals surface area contributed by atoms with Crippen LogP contribution in [-0.4, -0.2) is 40.4 Å². The Hall–Kier alpha value is -1.14. The molecule has 6 heteroatoms. The van der Waals surface area contributed by atoms with Gasteiger partial charge >= 0.3 is 5.97 Å². The van der Waals surface area contributed by atoms with E-state index in [-0.39, 0.29) is 12.0 Å². The lowest BCUT2D eigenvalue weighted by Gasteiger charge is -2.16. The average molecular weight is 281 g/mol. The first-order valence-electron chi connectivity index (χ1n) is 6.61. The molecule has 1 atom stereocenters. The molecule has 0 aromatic carbocycles. The van der Waals surface area contributed by atoms with E-state index in [1.807, 2.05) is 13.0 Å². The summed E-state index contributed by atoms with van der Waals surface area (Å²) in [7, 11) is 0. The highest BCUT2D eigenvalue weighted by Crippen LogP contribution is 2.22. The monoisotopic (exact) mass is 281 g/mol. The van der Waals surface area contributed by atoms with Gasteiger partial charge in [0.05, 0.1) is 11.6 Å². The minimum atomic E-state index is -0.193. The van der Waals surface area contributed by atoms with Crippen LogP contribution in [0.25, 0.3) is 0 Å². The summed E-state index contributed by atoms with van der Waals surface area (Å²) in [5.74, 6) is 0.693. The van der Waals surface area contributed by atoms with Crippen molar-refractivity contribution in [3.8, 4) is 0 Å². The zero-order valence-corrected chi connectivity index (χ0v) is 11.9. The second-order valence-electron chi connectivity index (χ2n) is 4.43. The summed E-state index contributed by atoms with van der Waals surface area (Å²) in [6.07, 6.45) is 6.34. The number of carbonyl (C=O) groups is 1. The Bertz CT molecular complexity index is 398. The molecule has 1 N–H and O–H groups in total. The molecule has 0 saturated heterocycles. The Kier molecular flexibility index (Phi) is 5.60. The minimum absolute atomic E-state index is 0.141. The summed E-state index contributed by atoms with van der Waals surface area (Å²) < 4.78 is 5.10. The van der Waals surface area contributed by atoms with Crippen LogP contribution in [0.3, 0.4) is 0 Å². The molecule has 1 heterocycles. The molecule has 5 nitrogen and oxygen atoms in total. The molecule has 0 amide bonds. The highest BCUT2D eigenvalue weighted by atomic mass is 32.2. The van der Waals surface area contributed by atoms with Gasteiger partial charge in [-0.25, -0.2) is 9.97 Å². The lowest BCUT2D eigenvalue weighted by atomic mass is 10.2. The van der Waals surface area contributed by atoms with Crippen LogP contribution in [0.1, 0.15) is 26.2 Å². The Morgan fingerprint density at radius 2 is 2.47 bits per heavy atom. The predicted octanol–water partition coefficient (Wildman–Crippen LogP) is 1.64. The number of rotatable bonds is 8. The minimum Gasteiger partial charge on any atom is -0.465 e. The van der Waals surface area contributed by atoms with Gasteiger partial charge in [-0.15, -0.1) is 11.8 Å². The summed E-state index contributed by atoms with van der Waals surface area (Å²) in [5, 5.41) is 4.28. The largest absolute Gasteiger partial charge is 0.465 e. The van der Waals surface area contributed by atoms with E-state index in [1.54, 1.807) is 18.0 Å². The fourth-order valence-electron chi connectivity index (χ4n) is 1.69. The number of esters is 1. The molecular weight excluding hydrogens is 262 g/mol. The van der Waals surface area contributed by atoms with Gasteiger partial charge < -0.3 is 10.1 Å². The van der Waals surface area contributed by atoms with Gasteiger partial charge in [0.2, 0.25) is 0 Å². The molecule has 1 aromatic heterocycles. The maximum Gasteiger partial charge on any atom is 0.323 e. The maximum atomic E-state index is 11.8. The molecule has 0 aliphatic heterocycles. The van der Waals surface area contributed by atoms with E-state index in [2.05, 4.69) is 15.3 Å². The van der Waals surface area contributed by atoms with Crippen molar-refractivity contribution < 1.29 is 9.53 Å². The van der Waals surface area contributed by atoms with Crippen LogP contribution in [-0.2, 0) is 9.53 Å². The Morgan fingerprint density at radius 3 is 3.11 bits per heavy atom. The summed E-state index contributed by atoms with van der Waals surface area (Å²) in [6.45, 7) is 2.27. The first-order chi connectivity index (χ1) is 9.29. The van der Waals surface area contributed by atoms with Gasteiger partial charge in [-0.05, 0) is 32.3 Å². The third-order valence-electron chi connectivity index (χ3n) is 2.80. The molecule has 104 valence electrons. The normalized spacial score (nSPS) is 16.1. The number of carbonyl (C=O) groups excluding carboxylic acids is 1. The molecule has 1 aromatic rings. The lowest BCUT2D eigenvalue weighted by Crippen LogP contribution is -2.39. The number of ether oxygens (including phenoxy) is 1. The quantitative estimate of drug-likeness (QED) is 0.444. The fourth-order valence-corrected chi connectivity index (χ4v) is 2.53. The molecule has 1 unspecified atom stereocenters. The topological polar surface area (TPSA) is 64.1 Å². The zero-order valence-electron chi connectivity index (χ0n) is 11.0. The molecular formula is C13H19N3O2S. The molecule has 1 aliphatic carbocycles. The summed E-state index contributed by atoms with van der Waals surface area (Å²) in [4.78, 5) is 19.9. The van der Waals surface area contributed by atoms with Gasteiger partial charge in [0.25, 0.3) is 0 Å². The van der Waals surface area contributed by atoms with Gasteiger partial charge in [-0.2, -0.15) is 0 Å². The smallest absolute Gasteiger partial charge is 0.323 e. The van der Waals surface area contributed by atoms with Crippen LogP contribution in [0.15, 0.2) is 23.6 Å². The van der Waals surface area contributed by atoms with Crippen LogP contribution in [0.5, 0.6) is 0 Å². The Morgan fingerprint density at radius 1 is 1.63 bits per heavy atom. The van der Waals surface area contributed by atoms with E-state index in [1.165, 1.54) is 6.33 Å². The van der Waals surface area contributed by atoms with E-state index >= 15 is 0 Å². The molecule has 1 fully saturated rings.